The summed E-state index contributed by atoms with van der Waals surface area (Å²) in [4.78, 5) is 32.7. The minimum Gasteiger partial charge on any atom is -0.497 e. The van der Waals surface area contributed by atoms with E-state index in [1.54, 1.807) is 31.4 Å². The van der Waals surface area contributed by atoms with Gasteiger partial charge in [-0.2, -0.15) is 0 Å². The number of aromatic nitrogens is 2. The van der Waals surface area contributed by atoms with Crippen LogP contribution >= 0.6 is 0 Å². The first-order valence-corrected chi connectivity index (χ1v) is 9.89. The summed E-state index contributed by atoms with van der Waals surface area (Å²) in [6.07, 6.45) is 1.13. The molecule has 0 saturated heterocycles. The molecule has 0 aliphatic rings. The van der Waals surface area contributed by atoms with E-state index in [0.717, 1.165) is 16.9 Å². The largest absolute Gasteiger partial charge is 0.497 e. The van der Waals surface area contributed by atoms with Gasteiger partial charge in [0.05, 0.1) is 24.2 Å². The number of H-pyrrole nitrogens is 1. The molecule has 1 heterocycles. The molecule has 6 heteroatoms. The van der Waals surface area contributed by atoms with Crippen LogP contribution in [-0.4, -0.2) is 28.8 Å². The van der Waals surface area contributed by atoms with Gasteiger partial charge in [-0.15, -0.1) is 0 Å². The molecule has 0 fully saturated rings. The second-order valence-electron chi connectivity index (χ2n) is 7.43. The number of hydrogen-bond acceptors (Lipinski definition) is 4. The van der Waals surface area contributed by atoms with E-state index in [4.69, 9.17) is 4.74 Å². The number of fused-ring (bicyclic) bond motifs is 1. The molecule has 0 bridgehead atoms. The van der Waals surface area contributed by atoms with Crippen LogP contribution in [-0.2, 0) is 4.79 Å². The highest BCUT2D eigenvalue weighted by Crippen LogP contribution is 2.22. The summed E-state index contributed by atoms with van der Waals surface area (Å²) >= 11 is 0. The Morgan fingerprint density at radius 1 is 1.07 bits per heavy atom. The molecule has 152 valence electrons. The maximum atomic E-state index is 12.5. The van der Waals surface area contributed by atoms with Crippen LogP contribution in [0.2, 0.25) is 0 Å². The Labute approximate surface area is 170 Å². The minimum atomic E-state index is -0.202. The molecule has 1 atom stereocenters. The third-order valence-electron chi connectivity index (χ3n) is 4.91. The first kappa shape index (κ1) is 20.6. The highest BCUT2D eigenvalue weighted by Gasteiger charge is 2.21. The number of hydrogen-bond donors (Lipinski definition) is 2. The standard InChI is InChI=1S/C23H27N3O3/c1-15(2)22(23-24-18-7-4-5-8-19(18)25-23)26-21(28)10-6-9-20(27)16-11-13-17(29-3)14-12-16/h4-5,7-8,11-15,22H,6,9-10H2,1-3H3,(H,24,25)(H,26,28). The van der Waals surface area contributed by atoms with E-state index in [0.29, 0.717) is 30.6 Å². The fourth-order valence-corrected chi connectivity index (χ4v) is 3.25. The van der Waals surface area contributed by atoms with Gasteiger partial charge in [-0.3, -0.25) is 9.59 Å². The molecule has 0 radical (unpaired) electrons. The number of carbonyl (C=O) groups excluding carboxylic acids is 2. The second kappa shape index (κ2) is 9.37. The maximum absolute atomic E-state index is 12.5. The zero-order chi connectivity index (χ0) is 20.8. The predicted octanol–water partition coefficient (Wildman–Crippen LogP) is 4.44. The third-order valence-corrected chi connectivity index (χ3v) is 4.91. The Hall–Kier alpha value is -3.15. The summed E-state index contributed by atoms with van der Waals surface area (Å²) < 4.78 is 5.10. The van der Waals surface area contributed by atoms with Crippen LogP contribution in [0.1, 0.15) is 55.3 Å². The number of Topliss-reactive ketones (excluding diaryl/α,β-unsaturated/α-hetero) is 1. The summed E-state index contributed by atoms with van der Waals surface area (Å²) in [5, 5.41) is 3.06. The molecule has 1 aromatic heterocycles. The molecular weight excluding hydrogens is 366 g/mol. The van der Waals surface area contributed by atoms with E-state index in [1.807, 2.05) is 38.1 Å². The summed E-state index contributed by atoms with van der Waals surface area (Å²) in [5.41, 5.74) is 2.47. The highest BCUT2D eigenvalue weighted by molar-refractivity contribution is 5.96. The molecule has 29 heavy (non-hydrogen) atoms. The van der Waals surface area contributed by atoms with E-state index >= 15 is 0 Å². The number of nitrogens with one attached hydrogen (secondary N) is 2. The number of amides is 1. The highest BCUT2D eigenvalue weighted by atomic mass is 16.5. The molecule has 3 aromatic rings. The SMILES string of the molecule is COc1ccc(C(=O)CCCC(=O)NC(c2nc3ccccc3[nH]2)C(C)C)cc1. The van der Waals surface area contributed by atoms with Crippen LogP contribution < -0.4 is 10.1 Å². The zero-order valence-electron chi connectivity index (χ0n) is 17.1. The van der Waals surface area contributed by atoms with E-state index in [2.05, 4.69) is 15.3 Å². The van der Waals surface area contributed by atoms with Crippen LogP contribution in [0.25, 0.3) is 11.0 Å². The van der Waals surface area contributed by atoms with Crippen molar-refractivity contribution in [1.82, 2.24) is 15.3 Å². The Morgan fingerprint density at radius 2 is 1.79 bits per heavy atom. The molecule has 0 aliphatic heterocycles. The number of para-hydroxylation sites is 2. The van der Waals surface area contributed by atoms with Crippen molar-refractivity contribution >= 4 is 22.7 Å². The zero-order valence-corrected chi connectivity index (χ0v) is 17.1. The quantitative estimate of drug-likeness (QED) is 0.527. The molecule has 0 saturated carbocycles. The summed E-state index contributed by atoms with van der Waals surface area (Å²) in [7, 11) is 1.59. The number of imidazole rings is 1. The maximum Gasteiger partial charge on any atom is 0.220 e. The van der Waals surface area contributed by atoms with Crippen LogP contribution in [0.5, 0.6) is 5.75 Å². The lowest BCUT2D eigenvalue weighted by molar-refractivity contribution is -0.122. The molecule has 2 N–H and O–H groups in total. The summed E-state index contributed by atoms with van der Waals surface area (Å²) in [5.74, 6) is 1.60. The molecular formula is C23H27N3O3. The molecule has 2 aromatic carbocycles. The minimum absolute atomic E-state index is 0.0261. The summed E-state index contributed by atoms with van der Waals surface area (Å²) in [6, 6.07) is 14.6. The second-order valence-corrected chi connectivity index (χ2v) is 7.43. The number of rotatable bonds is 9. The van der Waals surface area contributed by atoms with Gasteiger partial charge in [0.15, 0.2) is 5.78 Å². The fourth-order valence-electron chi connectivity index (χ4n) is 3.25. The summed E-state index contributed by atoms with van der Waals surface area (Å²) in [6.45, 7) is 4.09. The fraction of sp³-hybridized carbons (Fsp3) is 0.348. The van der Waals surface area contributed by atoms with Gasteiger partial charge >= 0.3 is 0 Å². The van der Waals surface area contributed by atoms with Gasteiger partial charge in [0, 0.05) is 18.4 Å². The lowest BCUT2D eigenvalue weighted by atomic mass is 10.0. The average molecular weight is 393 g/mol. The first-order valence-electron chi connectivity index (χ1n) is 9.89. The van der Waals surface area contributed by atoms with Gasteiger partial charge in [0.2, 0.25) is 5.91 Å². The lowest BCUT2D eigenvalue weighted by Crippen LogP contribution is -2.32. The molecule has 3 rings (SSSR count). The Balaban J connectivity index is 1.54. The monoisotopic (exact) mass is 393 g/mol. The Bertz CT molecular complexity index is 943. The van der Waals surface area contributed by atoms with Crippen molar-refractivity contribution < 1.29 is 14.3 Å². The van der Waals surface area contributed by atoms with Crippen LogP contribution in [0.3, 0.4) is 0 Å². The van der Waals surface area contributed by atoms with Crippen LogP contribution in [0.15, 0.2) is 48.5 Å². The van der Waals surface area contributed by atoms with Crippen molar-refractivity contribution in [1.29, 1.82) is 0 Å². The van der Waals surface area contributed by atoms with E-state index in [1.165, 1.54) is 0 Å². The number of ether oxygens (including phenoxy) is 1. The Morgan fingerprint density at radius 3 is 2.45 bits per heavy atom. The van der Waals surface area contributed by atoms with Crippen molar-refractivity contribution in [3.05, 3.63) is 59.9 Å². The van der Waals surface area contributed by atoms with Gasteiger partial charge in [-0.05, 0) is 48.7 Å². The average Bonchev–Trinajstić information content (AvgIpc) is 3.15. The van der Waals surface area contributed by atoms with Crippen molar-refractivity contribution in [2.75, 3.05) is 7.11 Å². The third kappa shape index (κ3) is 5.22. The number of ketones is 1. The van der Waals surface area contributed by atoms with E-state index in [9.17, 15) is 9.59 Å². The van der Waals surface area contributed by atoms with Crippen LogP contribution in [0, 0.1) is 5.92 Å². The predicted molar refractivity (Wildman–Crippen MR) is 113 cm³/mol. The smallest absolute Gasteiger partial charge is 0.220 e. The normalized spacial score (nSPS) is 12.1. The van der Waals surface area contributed by atoms with Crippen molar-refractivity contribution in [2.24, 2.45) is 5.92 Å². The first-order chi connectivity index (χ1) is 14.0. The molecule has 0 aliphatic carbocycles. The van der Waals surface area contributed by atoms with Crippen molar-refractivity contribution in [3.63, 3.8) is 0 Å². The molecule has 6 nitrogen and oxygen atoms in total. The number of aromatic amines is 1. The number of methoxy groups -OCH3 is 1. The number of benzene rings is 2. The topological polar surface area (TPSA) is 84.1 Å². The van der Waals surface area contributed by atoms with E-state index < -0.39 is 0 Å². The molecule has 1 amide bonds. The van der Waals surface area contributed by atoms with Crippen LogP contribution in [0.4, 0.5) is 0 Å². The molecule has 0 spiro atoms. The van der Waals surface area contributed by atoms with E-state index in [-0.39, 0.29) is 23.7 Å². The van der Waals surface area contributed by atoms with Crippen molar-refractivity contribution in [2.45, 2.75) is 39.2 Å². The van der Waals surface area contributed by atoms with Gasteiger partial charge < -0.3 is 15.0 Å². The number of carbonyl (C=O) groups is 2. The molecule has 1 unspecified atom stereocenters. The van der Waals surface area contributed by atoms with Crippen molar-refractivity contribution in [3.8, 4) is 5.75 Å². The van der Waals surface area contributed by atoms with Gasteiger partial charge in [0.1, 0.15) is 11.6 Å². The number of nitrogens with zero attached hydrogens (tertiary/aromatic N) is 1. The van der Waals surface area contributed by atoms with Gasteiger partial charge in [-0.1, -0.05) is 26.0 Å². The van der Waals surface area contributed by atoms with Gasteiger partial charge in [0.25, 0.3) is 0 Å². The Kier molecular flexibility index (Phi) is 6.65. The van der Waals surface area contributed by atoms with Gasteiger partial charge in [-0.25, -0.2) is 4.98 Å². The lowest BCUT2D eigenvalue weighted by Gasteiger charge is -2.20.